The van der Waals surface area contributed by atoms with E-state index in [9.17, 15) is 4.79 Å². The van der Waals surface area contributed by atoms with Crippen LogP contribution in [-0.4, -0.2) is 12.1 Å². The van der Waals surface area contributed by atoms with E-state index in [0.717, 1.165) is 12.3 Å². The number of carbonyl (C=O) groups is 1. The number of hydrogen-bond acceptors (Lipinski definition) is 2. The summed E-state index contributed by atoms with van der Waals surface area (Å²) in [4.78, 5) is 11.2. The average Bonchev–Trinajstić information content (AvgIpc) is 2.88. The maximum Gasteiger partial charge on any atom is 0.302 e. The zero-order chi connectivity index (χ0) is 11.9. The fourth-order valence-corrected chi connectivity index (χ4v) is 3.78. The van der Waals surface area contributed by atoms with Crippen LogP contribution in [-0.2, 0) is 14.9 Å². The largest absolute Gasteiger partial charge is 0.462 e. The van der Waals surface area contributed by atoms with Crippen LogP contribution in [0.5, 0.6) is 0 Å². The molecule has 2 saturated carbocycles. The first-order valence-corrected chi connectivity index (χ1v) is 6.43. The Hall–Kier alpha value is -1.31. The molecular formula is C15H18O2. The second kappa shape index (κ2) is 3.86. The number of benzene rings is 1. The van der Waals surface area contributed by atoms with E-state index in [0.29, 0.717) is 0 Å². The quantitative estimate of drug-likeness (QED) is 0.730. The lowest BCUT2D eigenvalue weighted by Crippen LogP contribution is -2.37. The summed E-state index contributed by atoms with van der Waals surface area (Å²) in [5, 5.41) is 0. The molecule has 2 aliphatic rings. The molecule has 1 aromatic carbocycles. The zero-order valence-electron chi connectivity index (χ0n) is 10.2. The first-order chi connectivity index (χ1) is 8.21. The fourth-order valence-electron chi connectivity index (χ4n) is 3.78. The van der Waals surface area contributed by atoms with Crippen LogP contribution in [0.3, 0.4) is 0 Å². The Labute approximate surface area is 102 Å². The van der Waals surface area contributed by atoms with Crippen molar-refractivity contribution in [3.05, 3.63) is 35.9 Å². The van der Waals surface area contributed by atoms with Crippen molar-refractivity contribution in [1.82, 2.24) is 0 Å². The van der Waals surface area contributed by atoms with E-state index in [1.807, 2.05) is 6.07 Å². The minimum Gasteiger partial charge on any atom is -0.462 e. The van der Waals surface area contributed by atoms with Crippen molar-refractivity contribution in [2.45, 2.75) is 44.1 Å². The highest BCUT2D eigenvalue weighted by atomic mass is 16.5. The first-order valence-electron chi connectivity index (χ1n) is 6.43. The van der Waals surface area contributed by atoms with Gasteiger partial charge < -0.3 is 4.74 Å². The summed E-state index contributed by atoms with van der Waals surface area (Å²) in [6, 6.07) is 10.6. The molecule has 0 spiro atoms. The molecule has 3 atom stereocenters. The van der Waals surface area contributed by atoms with E-state index in [4.69, 9.17) is 4.74 Å². The number of fused-ring (bicyclic) bond motifs is 2. The van der Waals surface area contributed by atoms with Crippen molar-refractivity contribution in [2.75, 3.05) is 0 Å². The summed E-state index contributed by atoms with van der Waals surface area (Å²) >= 11 is 0. The van der Waals surface area contributed by atoms with Crippen LogP contribution < -0.4 is 0 Å². The molecule has 1 aromatic rings. The molecule has 90 valence electrons. The van der Waals surface area contributed by atoms with Crippen LogP contribution in [0.2, 0.25) is 0 Å². The summed E-state index contributed by atoms with van der Waals surface area (Å²) in [6.07, 6.45) is 4.79. The zero-order valence-corrected chi connectivity index (χ0v) is 10.2. The Kier molecular flexibility index (Phi) is 2.46. The Morgan fingerprint density at radius 2 is 2.12 bits per heavy atom. The number of hydrogen-bond donors (Lipinski definition) is 0. The molecule has 3 rings (SSSR count). The number of ether oxygens (including phenoxy) is 1. The molecule has 0 heterocycles. The van der Waals surface area contributed by atoms with Crippen LogP contribution in [0.4, 0.5) is 0 Å². The lowest BCUT2D eigenvalue weighted by atomic mass is 9.75. The van der Waals surface area contributed by atoms with Gasteiger partial charge in [0.15, 0.2) is 0 Å². The highest BCUT2D eigenvalue weighted by molar-refractivity contribution is 5.66. The summed E-state index contributed by atoms with van der Waals surface area (Å²) in [5.41, 5.74) is 1.46. The maximum absolute atomic E-state index is 11.2. The SMILES string of the molecule is CC(=O)O[C@H]1C[C@H]2CC[C@]1(c1ccccc1)C2. The smallest absolute Gasteiger partial charge is 0.302 e. The third kappa shape index (κ3) is 1.67. The van der Waals surface area contributed by atoms with Crippen LogP contribution in [0, 0.1) is 5.92 Å². The van der Waals surface area contributed by atoms with Crippen molar-refractivity contribution in [3.63, 3.8) is 0 Å². The lowest BCUT2D eigenvalue weighted by molar-refractivity contribution is -0.149. The summed E-state index contributed by atoms with van der Waals surface area (Å²) in [5.74, 6) is 0.609. The van der Waals surface area contributed by atoms with Crippen LogP contribution in [0.25, 0.3) is 0 Å². The molecule has 0 amide bonds. The van der Waals surface area contributed by atoms with Crippen LogP contribution in [0.15, 0.2) is 30.3 Å². The normalized spacial score (nSPS) is 34.9. The molecule has 0 unspecified atom stereocenters. The third-order valence-electron chi connectivity index (χ3n) is 4.47. The van der Waals surface area contributed by atoms with E-state index in [1.165, 1.54) is 31.7 Å². The molecule has 0 radical (unpaired) electrons. The van der Waals surface area contributed by atoms with Gasteiger partial charge in [0.25, 0.3) is 0 Å². The van der Waals surface area contributed by atoms with E-state index in [-0.39, 0.29) is 17.5 Å². The number of esters is 1. The number of rotatable bonds is 2. The van der Waals surface area contributed by atoms with Gasteiger partial charge in [-0.1, -0.05) is 30.3 Å². The van der Waals surface area contributed by atoms with E-state index < -0.39 is 0 Å². The molecular weight excluding hydrogens is 212 g/mol. The van der Waals surface area contributed by atoms with E-state index in [1.54, 1.807) is 0 Å². The average molecular weight is 230 g/mol. The minimum atomic E-state index is -0.141. The first kappa shape index (κ1) is 10.8. The van der Waals surface area contributed by atoms with Gasteiger partial charge in [0, 0.05) is 12.3 Å². The predicted molar refractivity (Wildman–Crippen MR) is 65.6 cm³/mol. The molecule has 2 heteroatoms. The van der Waals surface area contributed by atoms with Gasteiger partial charge in [-0.3, -0.25) is 4.79 Å². The monoisotopic (exact) mass is 230 g/mol. The lowest BCUT2D eigenvalue weighted by Gasteiger charge is -2.34. The molecule has 2 aliphatic carbocycles. The molecule has 0 saturated heterocycles. The minimum absolute atomic E-state index is 0.0983. The summed E-state index contributed by atoms with van der Waals surface area (Å²) < 4.78 is 5.56. The molecule has 0 N–H and O–H groups in total. The summed E-state index contributed by atoms with van der Waals surface area (Å²) in [6.45, 7) is 1.52. The highest BCUT2D eigenvalue weighted by Crippen LogP contribution is 2.56. The van der Waals surface area contributed by atoms with Gasteiger partial charge >= 0.3 is 5.97 Å². The van der Waals surface area contributed by atoms with Crippen molar-refractivity contribution >= 4 is 5.97 Å². The van der Waals surface area contributed by atoms with Gasteiger partial charge in [0.1, 0.15) is 6.10 Å². The molecule has 17 heavy (non-hydrogen) atoms. The molecule has 0 aromatic heterocycles. The van der Waals surface area contributed by atoms with Crippen LogP contribution >= 0.6 is 0 Å². The van der Waals surface area contributed by atoms with Crippen molar-refractivity contribution in [1.29, 1.82) is 0 Å². The van der Waals surface area contributed by atoms with Gasteiger partial charge in [-0.15, -0.1) is 0 Å². The van der Waals surface area contributed by atoms with Crippen molar-refractivity contribution < 1.29 is 9.53 Å². The van der Waals surface area contributed by atoms with Gasteiger partial charge in [-0.25, -0.2) is 0 Å². The van der Waals surface area contributed by atoms with E-state index >= 15 is 0 Å². The highest BCUT2D eigenvalue weighted by Gasteiger charge is 2.54. The van der Waals surface area contributed by atoms with Crippen LogP contribution in [0.1, 0.15) is 38.2 Å². The Morgan fingerprint density at radius 1 is 1.35 bits per heavy atom. The Balaban J connectivity index is 1.95. The Bertz CT molecular complexity index is 426. The van der Waals surface area contributed by atoms with Gasteiger partial charge in [-0.2, -0.15) is 0 Å². The van der Waals surface area contributed by atoms with Gasteiger partial charge in [0.2, 0.25) is 0 Å². The predicted octanol–water partition coefficient (Wildman–Crippen LogP) is 3.06. The fraction of sp³-hybridized carbons (Fsp3) is 0.533. The Morgan fingerprint density at radius 3 is 2.76 bits per heavy atom. The second-order valence-corrected chi connectivity index (χ2v) is 5.46. The number of carbonyl (C=O) groups excluding carboxylic acids is 1. The molecule has 0 aliphatic heterocycles. The van der Waals surface area contributed by atoms with Crippen molar-refractivity contribution in [3.8, 4) is 0 Å². The topological polar surface area (TPSA) is 26.3 Å². The molecule has 2 fully saturated rings. The third-order valence-corrected chi connectivity index (χ3v) is 4.47. The van der Waals surface area contributed by atoms with E-state index in [2.05, 4.69) is 24.3 Å². The van der Waals surface area contributed by atoms with Gasteiger partial charge in [-0.05, 0) is 37.2 Å². The maximum atomic E-state index is 11.2. The second-order valence-electron chi connectivity index (χ2n) is 5.46. The molecule has 2 bridgehead atoms. The summed E-state index contributed by atoms with van der Waals surface area (Å²) in [7, 11) is 0. The van der Waals surface area contributed by atoms with Crippen molar-refractivity contribution in [2.24, 2.45) is 5.92 Å². The standard InChI is InChI=1S/C15H18O2/c1-11(16)17-14-9-12-7-8-15(14,10-12)13-5-3-2-4-6-13/h2-6,12,14H,7-10H2,1H3/t12-,14+,15-/m1/s1. The van der Waals surface area contributed by atoms with Gasteiger partial charge in [0.05, 0.1) is 0 Å². The molecule has 2 nitrogen and oxygen atoms in total.